The molecule has 0 aliphatic carbocycles. The average molecular weight is 825 g/mol. The summed E-state index contributed by atoms with van der Waals surface area (Å²) in [4.78, 5) is 60.6. The second-order valence-corrected chi connectivity index (χ2v) is 13.0. The van der Waals surface area contributed by atoms with Crippen molar-refractivity contribution < 1.29 is 67.1 Å². The molecule has 0 saturated carbocycles. The molecule has 1 atom stereocenters. The van der Waals surface area contributed by atoms with Crippen LogP contribution in [-0.2, 0) is 34.1 Å². The predicted octanol–water partition coefficient (Wildman–Crippen LogP) is 8.61. The lowest BCUT2D eigenvalue weighted by molar-refractivity contribution is -0.386. The highest BCUT2D eigenvalue weighted by Gasteiger charge is 2.29. The molecule has 59 heavy (non-hydrogen) atoms. The summed E-state index contributed by atoms with van der Waals surface area (Å²) in [7, 11) is 0. The largest absolute Gasteiger partial charge is 0.478 e. The molecule has 1 unspecified atom stereocenters. The van der Waals surface area contributed by atoms with Gasteiger partial charge in [0.15, 0.2) is 11.3 Å². The summed E-state index contributed by atoms with van der Waals surface area (Å²) in [6.45, 7) is -0.560. The standard InChI is InChI=1S/C40H28N2O16S/c43-39(44)34-4-2-6-37(42(48)49)38(34)40(45)56-30-9-7-26(8-10-30)55-29-19-21-33(22-20-29)59(51)58-32-17-13-28(14-18-32)54-27-11-15-31(16-12-27)57-53-24-35-25(23-52-50)3-1-5-36(35)41(46)47/h1-22,50H,23-24H2,(H,43,44). The first kappa shape index (κ1) is 40.9. The maximum Gasteiger partial charge on any atom is 0.351 e. The number of carbonyl (C=O) groups excluding carboxylic acids is 1. The molecule has 0 aliphatic heterocycles. The van der Waals surface area contributed by atoms with E-state index in [-0.39, 0.29) is 36.0 Å². The minimum absolute atomic E-state index is 0.0178. The van der Waals surface area contributed by atoms with Crippen LogP contribution in [0.5, 0.6) is 40.2 Å². The first-order valence-corrected chi connectivity index (χ1v) is 18.0. The van der Waals surface area contributed by atoms with E-state index in [9.17, 15) is 39.1 Å². The Morgan fingerprint density at radius 1 is 0.610 bits per heavy atom. The molecule has 0 aromatic heterocycles. The normalized spacial score (nSPS) is 11.2. The van der Waals surface area contributed by atoms with Gasteiger partial charge in [0, 0.05) is 12.1 Å². The Kier molecular flexibility index (Phi) is 13.2. The van der Waals surface area contributed by atoms with Crippen molar-refractivity contribution in [3.8, 4) is 40.2 Å². The number of aromatic carboxylic acids is 1. The zero-order valence-electron chi connectivity index (χ0n) is 30.0. The molecule has 0 fully saturated rings. The van der Waals surface area contributed by atoms with Crippen LogP contribution in [0.1, 0.15) is 31.8 Å². The van der Waals surface area contributed by atoms with Crippen molar-refractivity contribution in [1.29, 1.82) is 0 Å². The second-order valence-electron chi connectivity index (χ2n) is 11.9. The van der Waals surface area contributed by atoms with Crippen LogP contribution < -0.4 is 23.3 Å². The van der Waals surface area contributed by atoms with Crippen LogP contribution in [0.2, 0.25) is 0 Å². The summed E-state index contributed by atoms with van der Waals surface area (Å²) in [5.41, 5.74) is -1.65. The number of nitro benzene ring substituents is 2. The Labute approximate surface area is 335 Å². The predicted molar refractivity (Wildman–Crippen MR) is 204 cm³/mol. The lowest BCUT2D eigenvalue weighted by atomic mass is 10.1. The summed E-state index contributed by atoms with van der Waals surface area (Å²) in [5, 5.41) is 41.0. The van der Waals surface area contributed by atoms with Gasteiger partial charge in [-0.3, -0.25) is 25.5 Å². The third-order valence-electron chi connectivity index (χ3n) is 8.04. The molecular weight excluding hydrogens is 797 g/mol. The molecule has 18 nitrogen and oxygen atoms in total. The monoisotopic (exact) mass is 824 g/mol. The number of hydrogen-bond acceptors (Lipinski definition) is 15. The molecule has 6 aromatic rings. The molecule has 0 amide bonds. The Balaban J connectivity index is 0.972. The smallest absolute Gasteiger partial charge is 0.351 e. The van der Waals surface area contributed by atoms with E-state index in [0.29, 0.717) is 39.2 Å². The SMILES string of the molecule is O=C(O)c1cccc([N+](=O)[O-])c1C(=O)Oc1ccc(Oc2ccc(S(=O)Oc3ccc(Oc4ccc(OOCc5c(COO)cccc5[N+](=O)[O-])cc4)cc3)cc2)cc1. The maximum absolute atomic E-state index is 12.9. The van der Waals surface area contributed by atoms with Gasteiger partial charge < -0.3 is 28.4 Å². The summed E-state index contributed by atoms with van der Waals surface area (Å²) in [6.07, 6.45) is 0. The van der Waals surface area contributed by atoms with Gasteiger partial charge in [-0.2, -0.15) is 4.89 Å². The molecule has 0 heterocycles. The van der Waals surface area contributed by atoms with Crippen LogP contribution in [0.3, 0.4) is 0 Å². The number of benzene rings is 6. The molecule has 19 heteroatoms. The lowest BCUT2D eigenvalue weighted by Gasteiger charge is -2.11. The number of hydrogen-bond donors (Lipinski definition) is 2. The fraction of sp³-hybridized carbons (Fsp3) is 0.0500. The van der Waals surface area contributed by atoms with Crippen LogP contribution in [0.4, 0.5) is 11.4 Å². The Hall–Kier alpha value is -7.71. The van der Waals surface area contributed by atoms with E-state index < -0.39 is 49.7 Å². The Morgan fingerprint density at radius 2 is 1.10 bits per heavy atom. The van der Waals surface area contributed by atoms with Gasteiger partial charge in [-0.25, -0.2) is 18.7 Å². The molecule has 300 valence electrons. The summed E-state index contributed by atoms with van der Waals surface area (Å²) >= 11 is -1.89. The lowest BCUT2D eigenvalue weighted by Crippen LogP contribution is -2.16. The minimum Gasteiger partial charge on any atom is -0.478 e. The number of esters is 1. The number of carboxylic acids is 1. The first-order valence-electron chi connectivity index (χ1n) is 16.9. The number of carboxylic acid groups (broad SMARTS) is 1. The Morgan fingerprint density at radius 3 is 1.64 bits per heavy atom. The van der Waals surface area contributed by atoms with Crippen molar-refractivity contribution in [3.63, 3.8) is 0 Å². The number of nitro groups is 2. The maximum atomic E-state index is 12.9. The molecule has 0 radical (unpaired) electrons. The van der Waals surface area contributed by atoms with Crippen molar-refractivity contribution >= 4 is 34.4 Å². The van der Waals surface area contributed by atoms with Crippen molar-refractivity contribution in [2.75, 3.05) is 0 Å². The van der Waals surface area contributed by atoms with Gasteiger partial charge in [0.05, 0.1) is 25.9 Å². The van der Waals surface area contributed by atoms with Crippen LogP contribution in [0, 0.1) is 20.2 Å². The zero-order chi connectivity index (χ0) is 41.9. The van der Waals surface area contributed by atoms with E-state index in [0.717, 1.165) is 18.2 Å². The van der Waals surface area contributed by atoms with E-state index in [1.54, 1.807) is 78.9 Å². The third kappa shape index (κ3) is 10.6. The van der Waals surface area contributed by atoms with Crippen molar-refractivity contribution in [3.05, 3.63) is 176 Å². The van der Waals surface area contributed by atoms with Crippen LogP contribution >= 0.6 is 0 Å². The van der Waals surface area contributed by atoms with Gasteiger partial charge in [-0.05, 0) is 109 Å². The fourth-order valence-electron chi connectivity index (χ4n) is 5.29. The van der Waals surface area contributed by atoms with Gasteiger partial charge in [0.25, 0.3) is 11.4 Å². The molecule has 6 aromatic carbocycles. The molecule has 0 saturated heterocycles. The third-order valence-corrected chi connectivity index (χ3v) is 9.04. The number of carbonyl (C=O) groups is 2. The van der Waals surface area contributed by atoms with Crippen LogP contribution in [-0.4, -0.2) is 36.4 Å². The number of nitrogens with zero attached hydrogens (tertiary/aromatic N) is 2. The average Bonchev–Trinajstić information content (AvgIpc) is 3.23. The van der Waals surface area contributed by atoms with E-state index in [1.807, 2.05) is 0 Å². The van der Waals surface area contributed by atoms with Gasteiger partial charge in [0.2, 0.25) is 11.1 Å². The molecule has 0 bridgehead atoms. The highest BCUT2D eigenvalue weighted by molar-refractivity contribution is 7.80. The second kappa shape index (κ2) is 19.0. The van der Waals surface area contributed by atoms with E-state index >= 15 is 0 Å². The van der Waals surface area contributed by atoms with Gasteiger partial charge in [-0.15, -0.1) is 0 Å². The van der Waals surface area contributed by atoms with E-state index in [4.69, 9.17) is 33.4 Å². The van der Waals surface area contributed by atoms with Crippen molar-refractivity contribution in [1.82, 2.24) is 0 Å². The molecule has 0 spiro atoms. The zero-order valence-corrected chi connectivity index (χ0v) is 30.8. The highest BCUT2D eigenvalue weighted by Crippen LogP contribution is 2.30. The number of ether oxygens (including phenoxy) is 3. The molecular formula is C40H28N2O16S. The topological polar surface area (TPSA) is 243 Å². The Bertz CT molecular complexity index is 2460. The molecule has 2 N–H and O–H groups in total. The van der Waals surface area contributed by atoms with Crippen molar-refractivity contribution in [2.24, 2.45) is 0 Å². The van der Waals surface area contributed by atoms with Crippen LogP contribution in [0.15, 0.2) is 138 Å². The number of rotatable bonds is 18. The highest BCUT2D eigenvalue weighted by atomic mass is 32.2. The minimum atomic E-state index is -1.89. The van der Waals surface area contributed by atoms with Gasteiger partial charge >= 0.3 is 11.9 Å². The molecule has 0 aliphatic rings. The first-order chi connectivity index (χ1) is 28.5. The molecule has 6 rings (SSSR count). The summed E-state index contributed by atoms with van der Waals surface area (Å²) in [6, 6.07) is 32.1. The van der Waals surface area contributed by atoms with Crippen LogP contribution in [0.25, 0.3) is 0 Å². The van der Waals surface area contributed by atoms with Gasteiger partial charge in [-0.1, -0.05) is 18.2 Å². The summed E-state index contributed by atoms with van der Waals surface area (Å²) < 4.78 is 35.4. The summed E-state index contributed by atoms with van der Waals surface area (Å²) in [5.74, 6) is -0.580. The van der Waals surface area contributed by atoms with E-state index in [2.05, 4.69) is 4.89 Å². The quantitative estimate of drug-likeness (QED) is 0.0271. The van der Waals surface area contributed by atoms with Crippen molar-refractivity contribution in [2.45, 2.75) is 18.1 Å². The van der Waals surface area contributed by atoms with Gasteiger partial charge in [0.1, 0.15) is 47.7 Å². The van der Waals surface area contributed by atoms with E-state index in [1.165, 1.54) is 36.4 Å². The fourth-order valence-corrected chi connectivity index (χ4v) is 6.03.